The van der Waals surface area contributed by atoms with Gasteiger partial charge in [-0.25, -0.2) is 0 Å². The Kier molecular flexibility index (Phi) is 4.55. The van der Waals surface area contributed by atoms with Crippen molar-refractivity contribution in [2.24, 2.45) is 0 Å². The van der Waals surface area contributed by atoms with Gasteiger partial charge in [0.05, 0.1) is 5.56 Å². The Bertz CT molecular complexity index is 650. The molecule has 0 aromatic heterocycles. The monoisotopic (exact) mass is 311 g/mol. The molecular weight excluding hydrogens is 305 g/mol. The van der Waals surface area contributed by atoms with E-state index in [1.165, 1.54) is 0 Å². The van der Waals surface area contributed by atoms with Crippen LogP contribution in [-0.4, -0.2) is 0 Å². The van der Waals surface area contributed by atoms with Crippen LogP contribution in [0.1, 0.15) is 11.1 Å². The summed E-state index contributed by atoms with van der Waals surface area (Å²) in [5.74, 6) is 0.422. The van der Waals surface area contributed by atoms with Gasteiger partial charge in [-0.15, -0.1) is 0 Å². The molecular formula is C14H8Cl3NO. The van der Waals surface area contributed by atoms with E-state index in [9.17, 15) is 0 Å². The van der Waals surface area contributed by atoms with Crippen molar-refractivity contribution in [3.63, 3.8) is 0 Å². The molecule has 0 fully saturated rings. The van der Waals surface area contributed by atoms with Gasteiger partial charge < -0.3 is 4.74 Å². The Morgan fingerprint density at radius 2 is 1.68 bits per heavy atom. The minimum absolute atomic E-state index is 0.217. The average molecular weight is 313 g/mol. The molecule has 0 aliphatic carbocycles. The third-order valence-corrected chi connectivity index (χ3v) is 3.29. The van der Waals surface area contributed by atoms with Gasteiger partial charge in [-0.2, -0.15) is 5.26 Å². The van der Waals surface area contributed by atoms with Crippen molar-refractivity contribution < 1.29 is 4.74 Å². The quantitative estimate of drug-likeness (QED) is 0.790. The van der Waals surface area contributed by atoms with Crippen LogP contribution in [0.3, 0.4) is 0 Å². The molecule has 0 aliphatic rings. The van der Waals surface area contributed by atoms with Gasteiger partial charge in [0.25, 0.3) is 0 Å². The summed E-state index contributed by atoms with van der Waals surface area (Å²) in [6, 6.07) is 12.0. The first-order valence-electron chi connectivity index (χ1n) is 5.36. The van der Waals surface area contributed by atoms with Gasteiger partial charge in [0.15, 0.2) is 0 Å². The van der Waals surface area contributed by atoms with E-state index in [-0.39, 0.29) is 6.61 Å². The summed E-state index contributed by atoms with van der Waals surface area (Å²) in [7, 11) is 0. The zero-order valence-electron chi connectivity index (χ0n) is 9.66. The van der Waals surface area contributed by atoms with Crippen molar-refractivity contribution in [3.8, 4) is 11.8 Å². The molecule has 0 N–H and O–H groups in total. The Morgan fingerprint density at radius 3 is 2.42 bits per heavy atom. The van der Waals surface area contributed by atoms with Crippen molar-refractivity contribution in [2.45, 2.75) is 6.61 Å². The first-order valence-corrected chi connectivity index (χ1v) is 6.50. The highest BCUT2D eigenvalue weighted by Crippen LogP contribution is 2.26. The van der Waals surface area contributed by atoms with Crippen LogP contribution in [0.25, 0.3) is 0 Å². The molecule has 0 unspecified atom stereocenters. The maximum atomic E-state index is 8.98. The van der Waals surface area contributed by atoms with Gasteiger partial charge >= 0.3 is 0 Å². The normalized spacial score (nSPS) is 10.0. The minimum Gasteiger partial charge on any atom is -0.487 e. The molecule has 0 radical (unpaired) electrons. The maximum Gasteiger partial charge on any atom is 0.139 e. The first-order chi connectivity index (χ1) is 9.10. The van der Waals surface area contributed by atoms with Gasteiger partial charge in [0, 0.05) is 26.7 Å². The molecule has 96 valence electrons. The predicted molar refractivity (Wildman–Crippen MR) is 77.0 cm³/mol. The molecule has 0 bridgehead atoms. The van der Waals surface area contributed by atoms with E-state index in [0.29, 0.717) is 26.4 Å². The highest BCUT2D eigenvalue weighted by atomic mass is 35.5. The van der Waals surface area contributed by atoms with Crippen LogP contribution in [-0.2, 0) is 6.61 Å². The molecule has 2 rings (SSSR count). The Morgan fingerprint density at radius 1 is 1.00 bits per heavy atom. The molecule has 2 aromatic rings. The second kappa shape index (κ2) is 6.16. The summed E-state index contributed by atoms with van der Waals surface area (Å²) in [5.41, 5.74) is 1.17. The van der Waals surface area contributed by atoms with Crippen molar-refractivity contribution in [1.82, 2.24) is 0 Å². The van der Waals surface area contributed by atoms with E-state index in [4.69, 9.17) is 44.8 Å². The smallest absolute Gasteiger partial charge is 0.139 e. The van der Waals surface area contributed by atoms with E-state index in [2.05, 4.69) is 0 Å². The lowest BCUT2D eigenvalue weighted by atomic mass is 10.2. The molecule has 2 aromatic carbocycles. The molecule has 0 atom stereocenters. The third-order valence-electron chi connectivity index (χ3n) is 2.46. The van der Waals surface area contributed by atoms with Gasteiger partial charge in [-0.1, -0.05) is 34.8 Å². The Labute approximate surface area is 126 Å². The van der Waals surface area contributed by atoms with Crippen LogP contribution >= 0.6 is 34.8 Å². The standard InChI is InChI=1S/C14H8Cl3NO/c15-11-3-4-13(17)10(5-11)8-19-14-6-12(16)2-1-9(14)7-18/h1-6H,8H2. The van der Waals surface area contributed by atoms with E-state index >= 15 is 0 Å². The highest BCUT2D eigenvalue weighted by molar-refractivity contribution is 6.33. The molecule has 0 saturated heterocycles. The fraction of sp³-hybridized carbons (Fsp3) is 0.0714. The summed E-state index contributed by atoms with van der Waals surface area (Å²) < 4.78 is 5.58. The molecule has 0 aliphatic heterocycles. The van der Waals surface area contributed by atoms with Crippen LogP contribution < -0.4 is 4.74 Å². The number of nitrogens with zero attached hydrogens (tertiary/aromatic N) is 1. The highest BCUT2D eigenvalue weighted by Gasteiger charge is 2.07. The number of hydrogen-bond acceptors (Lipinski definition) is 2. The van der Waals surface area contributed by atoms with E-state index in [0.717, 1.165) is 5.56 Å². The summed E-state index contributed by atoms with van der Waals surface area (Å²) in [6.45, 7) is 0.217. The van der Waals surface area contributed by atoms with E-state index < -0.39 is 0 Å². The summed E-state index contributed by atoms with van der Waals surface area (Å²) in [4.78, 5) is 0. The summed E-state index contributed by atoms with van der Waals surface area (Å²) in [5, 5.41) is 10.6. The summed E-state index contributed by atoms with van der Waals surface area (Å²) >= 11 is 17.8. The van der Waals surface area contributed by atoms with Crippen molar-refractivity contribution in [3.05, 3.63) is 62.6 Å². The number of hydrogen-bond donors (Lipinski definition) is 0. The van der Waals surface area contributed by atoms with E-state index in [1.807, 2.05) is 6.07 Å². The molecule has 2 nitrogen and oxygen atoms in total. The van der Waals surface area contributed by atoms with Crippen LogP contribution in [0.4, 0.5) is 0 Å². The largest absolute Gasteiger partial charge is 0.487 e. The third kappa shape index (κ3) is 3.54. The van der Waals surface area contributed by atoms with Crippen molar-refractivity contribution in [1.29, 1.82) is 5.26 Å². The minimum atomic E-state index is 0.217. The van der Waals surface area contributed by atoms with Gasteiger partial charge in [0.2, 0.25) is 0 Å². The topological polar surface area (TPSA) is 33.0 Å². The Balaban J connectivity index is 2.21. The first kappa shape index (κ1) is 14.0. The van der Waals surface area contributed by atoms with Crippen LogP contribution in [0, 0.1) is 11.3 Å². The lowest BCUT2D eigenvalue weighted by Crippen LogP contribution is -1.98. The Hall–Kier alpha value is -1.40. The number of nitriles is 1. The van der Waals surface area contributed by atoms with Gasteiger partial charge in [-0.05, 0) is 30.3 Å². The molecule has 0 heterocycles. The average Bonchev–Trinajstić information content (AvgIpc) is 2.40. The van der Waals surface area contributed by atoms with Gasteiger partial charge in [0.1, 0.15) is 18.4 Å². The molecule has 0 amide bonds. The van der Waals surface area contributed by atoms with Crippen LogP contribution in [0.5, 0.6) is 5.75 Å². The molecule has 0 spiro atoms. The summed E-state index contributed by atoms with van der Waals surface area (Å²) in [6.07, 6.45) is 0. The maximum absolute atomic E-state index is 8.98. The predicted octanol–water partition coefficient (Wildman–Crippen LogP) is 5.10. The number of rotatable bonds is 3. The molecule has 19 heavy (non-hydrogen) atoms. The second-order valence-corrected chi connectivity index (χ2v) is 5.06. The lowest BCUT2D eigenvalue weighted by molar-refractivity contribution is 0.305. The lowest BCUT2D eigenvalue weighted by Gasteiger charge is -2.09. The number of benzene rings is 2. The molecule has 0 saturated carbocycles. The zero-order valence-corrected chi connectivity index (χ0v) is 11.9. The van der Waals surface area contributed by atoms with Crippen LogP contribution in [0.2, 0.25) is 15.1 Å². The number of ether oxygens (including phenoxy) is 1. The van der Waals surface area contributed by atoms with Crippen LogP contribution in [0.15, 0.2) is 36.4 Å². The molecule has 5 heteroatoms. The number of halogens is 3. The SMILES string of the molecule is N#Cc1ccc(Cl)cc1OCc1cc(Cl)ccc1Cl. The van der Waals surface area contributed by atoms with E-state index in [1.54, 1.807) is 36.4 Å². The fourth-order valence-corrected chi connectivity index (χ4v) is 2.05. The van der Waals surface area contributed by atoms with Crippen molar-refractivity contribution >= 4 is 34.8 Å². The second-order valence-electron chi connectivity index (χ2n) is 3.78. The van der Waals surface area contributed by atoms with Gasteiger partial charge in [-0.3, -0.25) is 0 Å². The van der Waals surface area contributed by atoms with Crippen molar-refractivity contribution in [2.75, 3.05) is 0 Å². The zero-order chi connectivity index (χ0) is 13.8. The fourth-order valence-electron chi connectivity index (χ4n) is 1.52.